The van der Waals surface area contributed by atoms with Crippen LogP contribution in [0.25, 0.3) is 5.69 Å². The van der Waals surface area contributed by atoms with Gasteiger partial charge in [-0.1, -0.05) is 24.3 Å². The van der Waals surface area contributed by atoms with Crippen molar-refractivity contribution in [3.05, 3.63) is 84.2 Å². The van der Waals surface area contributed by atoms with Gasteiger partial charge in [0.1, 0.15) is 0 Å². The Morgan fingerprint density at radius 2 is 1.55 bits per heavy atom. The number of carbonyl (C=O) groups is 1. The smallest absolute Gasteiger partial charge is 0.228 e. The molecule has 0 atom stereocenters. The van der Waals surface area contributed by atoms with Crippen molar-refractivity contribution in [2.75, 3.05) is 38.2 Å². The number of anilines is 1. The summed E-state index contributed by atoms with van der Waals surface area (Å²) in [7, 11) is 0. The van der Waals surface area contributed by atoms with Crippen LogP contribution in [0.1, 0.15) is 11.1 Å². The average molecular weight is 389 g/mol. The van der Waals surface area contributed by atoms with E-state index >= 15 is 0 Å². The van der Waals surface area contributed by atoms with Crippen LogP contribution in [0.3, 0.4) is 0 Å². The van der Waals surface area contributed by atoms with Crippen molar-refractivity contribution in [1.82, 2.24) is 9.47 Å². The van der Waals surface area contributed by atoms with Crippen molar-refractivity contribution in [1.29, 1.82) is 0 Å². The third-order valence-electron chi connectivity index (χ3n) is 5.26. The van der Waals surface area contributed by atoms with Gasteiger partial charge in [-0.25, -0.2) is 0 Å². The van der Waals surface area contributed by atoms with Gasteiger partial charge in [0.15, 0.2) is 0 Å². The Bertz CT molecular complexity index is 896. The molecule has 2 aromatic carbocycles. The highest BCUT2D eigenvalue weighted by Crippen LogP contribution is 2.14. The summed E-state index contributed by atoms with van der Waals surface area (Å²) in [6.07, 6.45) is 5.39. The number of carbonyl (C=O) groups excluding carboxylic acids is 1. The van der Waals surface area contributed by atoms with Crippen LogP contribution < -0.4 is 5.32 Å². The van der Waals surface area contributed by atoms with Gasteiger partial charge in [0.05, 0.1) is 19.6 Å². The molecule has 0 aliphatic carbocycles. The third kappa shape index (κ3) is 5.56. The van der Waals surface area contributed by atoms with Gasteiger partial charge in [-0.3, -0.25) is 9.69 Å². The summed E-state index contributed by atoms with van der Waals surface area (Å²) in [6, 6.07) is 20.2. The molecular weight excluding hydrogens is 362 g/mol. The number of aromatic nitrogens is 1. The number of ether oxygens (including phenoxy) is 1. The molecule has 0 unspecified atom stereocenters. The molecule has 2 heterocycles. The largest absolute Gasteiger partial charge is 0.379 e. The van der Waals surface area contributed by atoms with E-state index in [-0.39, 0.29) is 5.91 Å². The lowest BCUT2D eigenvalue weighted by Gasteiger charge is -2.26. The van der Waals surface area contributed by atoms with Crippen LogP contribution in [0, 0.1) is 0 Å². The zero-order valence-electron chi connectivity index (χ0n) is 16.6. The summed E-state index contributed by atoms with van der Waals surface area (Å²) in [5.74, 6) is -0.000203. The first-order valence-corrected chi connectivity index (χ1v) is 10.2. The zero-order chi connectivity index (χ0) is 19.9. The van der Waals surface area contributed by atoms with Crippen LogP contribution in [-0.4, -0.2) is 48.2 Å². The molecule has 1 amide bonds. The Kier molecular flexibility index (Phi) is 6.39. The van der Waals surface area contributed by atoms with Crippen LogP contribution in [0.15, 0.2) is 73.1 Å². The minimum absolute atomic E-state index is 0.000203. The maximum Gasteiger partial charge on any atom is 0.228 e. The summed E-state index contributed by atoms with van der Waals surface area (Å²) in [5.41, 5.74) is 4.22. The molecule has 1 N–H and O–H groups in total. The molecule has 1 fully saturated rings. The van der Waals surface area contributed by atoms with Gasteiger partial charge in [0.25, 0.3) is 0 Å². The molecule has 1 aliphatic heterocycles. The van der Waals surface area contributed by atoms with E-state index in [1.54, 1.807) is 0 Å². The number of benzene rings is 2. The Labute approximate surface area is 171 Å². The van der Waals surface area contributed by atoms with Crippen molar-refractivity contribution in [3.8, 4) is 5.69 Å². The van der Waals surface area contributed by atoms with E-state index in [0.29, 0.717) is 6.42 Å². The molecule has 150 valence electrons. The SMILES string of the molecule is O=C(Cc1ccc(-n2cccc2)cc1)Nc1ccc(CCN2CCOCC2)cc1. The van der Waals surface area contributed by atoms with Gasteiger partial charge in [-0.2, -0.15) is 0 Å². The van der Waals surface area contributed by atoms with E-state index in [9.17, 15) is 4.79 Å². The quantitative estimate of drug-likeness (QED) is 0.672. The molecule has 4 rings (SSSR count). The van der Waals surface area contributed by atoms with E-state index in [0.717, 1.165) is 56.2 Å². The van der Waals surface area contributed by atoms with Gasteiger partial charge >= 0.3 is 0 Å². The molecule has 5 nitrogen and oxygen atoms in total. The lowest BCUT2D eigenvalue weighted by atomic mass is 10.1. The highest BCUT2D eigenvalue weighted by molar-refractivity contribution is 5.92. The maximum atomic E-state index is 12.4. The first-order valence-electron chi connectivity index (χ1n) is 10.2. The predicted octanol–water partition coefficient (Wildman–Crippen LogP) is 3.53. The molecule has 1 aromatic heterocycles. The van der Waals surface area contributed by atoms with Crippen LogP contribution in [-0.2, 0) is 22.4 Å². The fourth-order valence-corrected chi connectivity index (χ4v) is 3.55. The Hall–Kier alpha value is -2.89. The van der Waals surface area contributed by atoms with Crippen LogP contribution >= 0.6 is 0 Å². The standard InChI is InChI=1S/C24H27N3O2/c28-24(19-21-5-9-23(10-6-21)27-12-1-2-13-27)25-22-7-3-20(4-8-22)11-14-26-15-17-29-18-16-26/h1-10,12-13H,11,14-19H2,(H,25,28). The van der Waals surface area contributed by atoms with Crippen LogP contribution in [0.5, 0.6) is 0 Å². The van der Waals surface area contributed by atoms with Gasteiger partial charge in [0, 0.05) is 43.4 Å². The molecule has 1 aliphatic rings. The Morgan fingerprint density at radius 1 is 0.897 bits per heavy atom. The molecular formula is C24H27N3O2. The summed E-state index contributed by atoms with van der Waals surface area (Å²) < 4.78 is 7.43. The number of hydrogen-bond donors (Lipinski definition) is 1. The van der Waals surface area contributed by atoms with Gasteiger partial charge in [0.2, 0.25) is 5.91 Å². The first kappa shape index (κ1) is 19.4. The number of amides is 1. The van der Waals surface area contributed by atoms with E-state index in [2.05, 4.69) is 22.3 Å². The van der Waals surface area contributed by atoms with Crippen LogP contribution in [0.4, 0.5) is 5.69 Å². The lowest BCUT2D eigenvalue weighted by Crippen LogP contribution is -2.37. The lowest BCUT2D eigenvalue weighted by molar-refractivity contribution is -0.115. The number of hydrogen-bond acceptors (Lipinski definition) is 3. The highest BCUT2D eigenvalue weighted by Gasteiger charge is 2.10. The minimum Gasteiger partial charge on any atom is -0.379 e. The summed E-state index contributed by atoms with van der Waals surface area (Å²) >= 11 is 0. The van der Waals surface area contributed by atoms with Gasteiger partial charge < -0.3 is 14.6 Å². The van der Waals surface area contributed by atoms with E-state index in [1.165, 1.54) is 5.56 Å². The molecule has 29 heavy (non-hydrogen) atoms. The summed E-state index contributed by atoms with van der Waals surface area (Å²) in [4.78, 5) is 14.8. The zero-order valence-corrected chi connectivity index (χ0v) is 16.6. The van der Waals surface area contributed by atoms with E-state index in [4.69, 9.17) is 4.74 Å². The molecule has 0 spiro atoms. The van der Waals surface area contributed by atoms with Gasteiger partial charge in [-0.05, 0) is 53.9 Å². The monoisotopic (exact) mass is 389 g/mol. The Morgan fingerprint density at radius 3 is 2.24 bits per heavy atom. The summed E-state index contributed by atoms with van der Waals surface area (Å²) in [6.45, 7) is 4.75. The van der Waals surface area contributed by atoms with Crippen molar-refractivity contribution >= 4 is 11.6 Å². The molecule has 0 radical (unpaired) electrons. The summed E-state index contributed by atoms with van der Waals surface area (Å²) in [5, 5.41) is 2.99. The van der Waals surface area contributed by atoms with Crippen molar-refractivity contribution in [2.24, 2.45) is 0 Å². The molecule has 3 aromatic rings. The normalized spacial score (nSPS) is 14.6. The number of nitrogens with zero attached hydrogens (tertiary/aromatic N) is 2. The number of morpholine rings is 1. The minimum atomic E-state index is -0.000203. The molecule has 0 saturated carbocycles. The fraction of sp³-hybridized carbons (Fsp3) is 0.292. The van der Waals surface area contributed by atoms with Crippen molar-refractivity contribution in [3.63, 3.8) is 0 Å². The molecule has 5 heteroatoms. The average Bonchev–Trinajstić information content (AvgIpc) is 3.29. The molecule has 1 saturated heterocycles. The number of rotatable bonds is 7. The van der Waals surface area contributed by atoms with E-state index < -0.39 is 0 Å². The first-order chi connectivity index (χ1) is 14.3. The third-order valence-corrected chi connectivity index (χ3v) is 5.26. The Balaban J connectivity index is 1.26. The van der Waals surface area contributed by atoms with Crippen molar-refractivity contribution < 1.29 is 9.53 Å². The second kappa shape index (κ2) is 9.54. The van der Waals surface area contributed by atoms with E-state index in [1.807, 2.05) is 65.5 Å². The predicted molar refractivity (Wildman–Crippen MR) is 116 cm³/mol. The van der Waals surface area contributed by atoms with Gasteiger partial charge in [-0.15, -0.1) is 0 Å². The molecule has 0 bridgehead atoms. The number of nitrogens with one attached hydrogen (secondary N) is 1. The highest BCUT2D eigenvalue weighted by atomic mass is 16.5. The maximum absolute atomic E-state index is 12.4. The second-order valence-electron chi connectivity index (χ2n) is 7.38. The topological polar surface area (TPSA) is 46.5 Å². The van der Waals surface area contributed by atoms with Crippen molar-refractivity contribution in [2.45, 2.75) is 12.8 Å². The second-order valence-corrected chi connectivity index (χ2v) is 7.38. The fourth-order valence-electron chi connectivity index (χ4n) is 3.55. The van der Waals surface area contributed by atoms with Crippen LogP contribution in [0.2, 0.25) is 0 Å².